The normalized spacial score (nSPS) is 10.3. The van der Waals surface area contributed by atoms with Gasteiger partial charge in [0.15, 0.2) is 5.13 Å². The second kappa shape index (κ2) is 4.63. The Balaban J connectivity index is 1.97. The lowest BCUT2D eigenvalue weighted by Gasteiger charge is -1.98. The lowest BCUT2D eigenvalue weighted by molar-refractivity contribution is 0.100. The van der Waals surface area contributed by atoms with E-state index in [9.17, 15) is 4.79 Å². The molecule has 0 bridgehead atoms. The second-order valence-corrected chi connectivity index (χ2v) is 5.53. The Hall–Kier alpha value is -1.40. The highest BCUT2D eigenvalue weighted by molar-refractivity contribution is 7.15. The van der Waals surface area contributed by atoms with E-state index in [-0.39, 0.29) is 5.91 Å². The monoisotopic (exact) mass is 253 g/mol. The van der Waals surface area contributed by atoms with E-state index in [1.165, 1.54) is 16.2 Å². The van der Waals surface area contributed by atoms with Gasteiger partial charge in [-0.2, -0.15) is 0 Å². The summed E-state index contributed by atoms with van der Waals surface area (Å²) in [6.45, 7) is 2.68. The van der Waals surface area contributed by atoms with E-state index < -0.39 is 0 Å². The first-order valence-electron chi connectivity index (χ1n) is 4.68. The number of amides is 1. The Labute approximate surface area is 101 Å². The molecule has 2 heterocycles. The number of aryl methyl sites for hydroxylation is 1. The van der Waals surface area contributed by atoms with E-state index in [2.05, 4.69) is 10.3 Å². The molecule has 0 fully saturated rings. The van der Waals surface area contributed by atoms with Gasteiger partial charge in [-0.15, -0.1) is 22.7 Å². The van der Waals surface area contributed by atoms with Crippen molar-refractivity contribution in [3.8, 4) is 0 Å². The van der Waals surface area contributed by atoms with E-state index in [1.54, 1.807) is 22.8 Å². The molecule has 2 rings (SSSR count). The average molecular weight is 253 g/mol. The first-order valence-corrected chi connectivity index (χ1v) is 6.38. The van der Waals surface area contributed by atoms with Crippen LogP contribution < -0.4 is 11.1 Å². The molecule has 0 saturated heterocycles. The number of aromatic nitrogens is 1. The van der Waals surface area contributed by atoms with Crippen molar-refractivity contribution in [2.75, 3.05) is 5.32 Å². The van der Waals surface area contributed by atoms with Crippen molar-refractivity contribution in [1.29, 1.82) is 0 Å². The molecule has 0 aliphatic carbocycles. The van der Waals surface area contributed by atoms with E-state index >= 15 is 0 Å². The topological polar surface area (TPSA) is 68.0 Å². The van der Waals surface area contributed by atoms with E-state index in [0.29, 0.717) is 12.1 Å². The van der Waals surface area contributed by atoms with Gasteiger partial charge < -0.3 is 11.1 Å². The first kappa shape index (κ1) is 11.1. The predicted octanol–water partition coefficient (Wildman–Crippen LogP) is 2.22. The molecule has 4 nitrogen and oxygen atoms in total. The van der Waals surface area contributed by atoms with Gasteiger partial charge in [-0.25, -0.2) is 4.98 Å². The highest BCUT2D eigenvalue weighted by atomic mass is 32.1. The summed E-state index contributed by atoms with van der Waals surface area (Å²) in [7, 11) is 0. The van der Waals surface area contributed by atoms with Crippen molar-refractivity contribution in [2.45, 2.75) is 13.5 Å². The Morgan fingerprint density at radius 3 is 3.00 bits per heavy atom. The Bertz CT molecular complexity index is 504. The molecule has 3 N–H and O–H groups in total. The lowest BCUT2D eigenvalue weighted by Crippen LogP contribution is -2.09. The minimum atomic E-state index is -0.382. The minimum absolute atomic E-state index is 0.382. The summed E-state index contributed by atoms with van der Waals surface area (Å²) in [5, 5.41) is 5.86. The van der Waals surface area contributed by atoms with Crippen LogP contribution in [0.3, 0.4) is 0 Å². The number of rotatable bonds is 4. The number of carbonyl (C=O) groups is 1. The number of nitrogens with zero attached hydrogens (tertiary/aromatic N) is 1. The molecule has 16 heavy (non-hydrogen) atoms. The van der Waals surface area contributed by atoms with Crippen LogP contribution in [0.2, 0.25) is 0 Å². The number of anilines is 1. The molecular formula is C10H11N3OS2. The molecular weight excluding hydrogens is 242 g/mol. The quantitative estimate of drug-likeness (QED) is 0.878. The van der Waals surface area contributed by atoms with Crippen LogP contribution >= 0.6 is 22.7 Å². The van der Waals surface area contributed by atoms with Crippen LogP contribution in [0.1, 0.15) is 20.1 Å². The smallest absolute Gasteiger partial charge is 0.249 e. The molecule has 84 valence electrons. The summed E-state index contributed by atoms with van der Waals surface area (Å²) in [6, 6.07) is 1.81. The molecule has 0 aliphatic heterocycles. The van der Waals surface area contributed by atoms with Crippen LogP contribution in [-0.4, -0.2) is 10.9 Å². The van der Waals surface area contributed by atoms with Gasteiger partial charge >= 0.3 is 0 Å². The van der Waals surface area contributed by atoms with Crippen LogP contribution in [0.5, 0.6) is 0 Å². The number of nitrogens with two attached hydrogens (primary N) is 1. The number of primary amides is 1. The molecule has 2 aromatic rings. The van der Waals surface area contributed by atoms with Crippen molar-refractivity contribution in [3.05, 3.63) is 33.0 Å². The van der Waals surface area contributed by atoms with Gasteiger partial charge in [-0.3, -0.25) is 4.79 Å². The fraction of sp³-hybridized carbons (Fsp3) is 0.200. The largest absolute Gasteiger partial charge is 0.366 e. The van der Waals surface area contributed by atoms with E-state index in [0.717, 1.165) is 10.0 Å². The number of thiazole rings is 1. The SMILES string of the molecule is Cc1cnc(NCc2cc(C(N)=O)cs2)s1. The van der Waals surface area contributed by atoms with Gasteiger partial charge in [0.2, 0.25) is 5.91 Å². The molecule has 6 heteroatoms. The third kappa shape index (κ3) is 2.59. The van der Waals surface area contributed by atoms with Crippen molar-refractivity contribution in [3.63, 3.8) is 0 Å². The minimum Gasteiger partial charge on any atom is -0.366 e. The lowest BCUT2D eigenvalue weighted by atomic mass is 10.3. The number of nitrogens with one attached hydrogen (secondary N) is 1. The average Bonchev–Trinajstić information content (AvgIpc) is 2.83. The highest BCUT2D eigenvalue weighted by Crippen LogP contribution is 2.19. The van der Waals surface area contributed by atoms with E-state index in [1.807, 2.05) is 13.1 Å². The molecule has 0 unspecified atom stereocenters. The van der Waals surface area contributed by atoms with Crippen LogP contribution in [0, 0.1) is 6.92 Å². The van der Waals surface area contributed by atoms with Gasteiger partial charge in [-0.1, -0.05) is 0 Å². The summed E-state index contributed by atoms with van der Waals surface area (Å²) in [6.07, 6.45) is 1.83. The molecule has 0 aromatic carbocycles. The second-order valence-electron chi connectivity index (χ2n) is 3.30. The molecule has 0 radical (unpaired) electrons. The number of hydrogen-bond donors (Lipinski definition) is 2. The zero-order valence-electron chi connectivity index (χ0n) is 8.69. The number of hydrogen-bond acceptors (Lipinski definition) is 5. The zero-order chi connectivity index (χ0) is 11.5. The molecule has 1 amide bonds. The number of carbonyl (C=O) groups excluding carboxylic acids is 1. The molecule has 0 spiro atoms. The third-order valence-corrected chi connectivity index (χ3v) is 3.78. The van der Waals surface area contributed by atoms with Crippen molar-refractivity contribution < 1.29 is 4.79 Å². The van der Waals surface area contributed by atoms with Gasteiger partial charge in [0.1, 0.15) is 0 Å². The fourth-order valence-electron chi connectivity index (χ4n) is 1.20. The Morgan fingerprint density at radius 1 is 1.62 bits per heavy atom. The summed E-state index contributed by atoms with van der Waals surface area (Å²) >= 11 is 3.13. The van der Waals surface area contributed by atoms with Crippen LogP contribution in [-0.2, 0) is 6.54 Å². The third-order valence-electron chi connectivity index (χ3n) is 1.97. The van der Waals surface area contributed by atoms with Gasteiger partial charge in [0.25, 0.3) is 0 Å². The van der Waals surface area contributed by atoms with Crippen molar-refractivity contribution in [1.82, 2.24) is 4.98 Å². The molecule has 0 aliphatic rings. The highest BCUT2D eigenvalue weighted by Gasteiger charge is 2.05. The number of thiophene rings is 1. The van der Waals surface area contributed by atoms with Crippen LogP contribution in [0.4, 0.5) is 5.13 Å². The summed E-state index contributed by atoms with van der Waals surface area (Å²) in [4.78, 5) is 17.3. The Morgan fingerprint density at radius 2 is 2.44 bits per heavy atom. The molecule has 0 saturated carbocycles. The first-order chi connectivity index (χ1) is 7.65. The summed E-state index contributed by atoms with van der Waals surface area (Å²) < 4.78 is 0. The molecule has 2 aromatic heterocycles. The maximum Gasteiger partial charge on any atom is 0.249 e. The summed E-state index contributed by atoms with van der Waals surface area (Å²) in [5.74, 6) is -0.382. The summed E-state index contributed by atoms with van der Waals surface area (Å²) in [5.41, 5.74) is 5.74. The van der Waals surface area contributed by atoms with Crippen molar-refractivity contribution in [2.24, 2.45) is 5.73 Å². The van der Waals surface area contributed by atoms with Gasteiger partial charge in [-0.05, 0) is 13.0 Å². The molecule has 0 atom stereocenters. The van der Waals surface area contributed by atoms with Crippen LogP contribution in [0.15, 0.2) is 17.6 Å². The van der Waals surface area contributed by atoms with Crippen LogP contribution in [0.25, 0.3) is 0 Å². The maximum absolute atomic E-state index is 10.9. The van der Waals surface area contributed by atoms with Gasteiger partial charge in [0, 0.05) is 21.3 Å². The fourth-order valence-corrected chi connectivity index (χ4v) is 2.67. The van der Waals surface area contributed by atoms with E-state index in [4.69, 9.17) is 5.73 Å². The van der Waals surface area contributed by atoms with Gasteiger partial charge in [0.05, 0.1) is 12.1 Å². The zero-order valence-corrected chi connectivity index (χ0v) is 10.3. The Kier molecular flexibility index (Phi) is 3.21. The predicted molar refractivity (Wildman–Crippen MR) is 67.0 cm³/mol. The maximum atomic E-state index is 10.9. The standard InChI is InChI=1S/C10H11N3OS2/c1-6-3-12-10(16-6)13-4-8-2-7(5-15-8)9(11)14/h2-3,5H,4H2,1H3,(H2,11,14)(H,12,13). The van der Waals surface area contributed by atoms with Crippen molar-refractivity contribution >= 4 is 33.7 Å².